The average Bonchev–Trinajstić information content (AvgIpc) is 2.78. The third kappa shape index (κ3) is 5.09. The van der Waals surface area contributed by atoms with Gasteiger partial charge in [0, 0.05) is 38.3 Å². The Hall–Kier alpha value is -2.64. The molecule has 0 bridgehead atoms. The van der Waals surface area contributed by atoms with Crippen molar-refractivity contribution in [3.8, 4) is 5.75 Å². The Labute approximate surface area is 178 Å². The molecule has 1 fully saturated rings. The molecule has 1 unspecified atom stereocenters. The lowest BCUT2D eigenvalue weighted by atomic mass is 10.1. The zero-order valence-electron chi connectivity index (χ0n) is 17.7. The van der Waals surface area contributed by atoms with Crippen LogP contribution >= 0.6 is 0 Å². The first-order valence-corrected chi connectivity index (χ1v) is 10.8. The van der Waals surface area contributed by atoms with Crippen LogP contribution in [0.5, 0.6) is 5.75 Å². The van der Waals surface area contributed by atoms with Crippen LogP contribution in [0.25, 0.3) is 0 Å². The minimum absolute atomic E-state index is 0.457. The molecule has 0 radical (unpaired) electrons. The average molecular weight is 410 g/mol. The van der Waals surface area contributed by atoms with Crippen LogP contribution in [0.15, 0.2) is 58.9 Å². The van der Waals surface area contributed by atoms with E-state index >= 15 is 0 Å². The minimum atomic E-state index is -0.457. The number of piperazine rings is 1. The molecule has 0 aliphatic carbocycles. The van der Waals surface area contributed by atoms with Crippen LogP contribution in [-0.2, 0) is 6.54 Å². The highest BCUT2D eigenvalue weighted by molar-refractivity contribution is 5.58. The van der Waals surface area contributed by atoms with Crippen molar-refractivity contribution < 1.29 is 9.84 Å². The molecule has 2 heterocycles. The van der Waals surface area contributed by atoms with Gasteiger partial charge in [0.1, 0.15) is 5.75 Å². The molecule has 2 aromatic carbocycles. The van der Waals surface area contributed by atoms with Gasteiger partial charge >= 0.3 is 0 Å². The molecule has 30 heavy (non-hydrogen) atoms. The van der Waals surface area contributed by atoms with Gasteiger partial charge in [0.2, 0.25) is 0 Å². The fourth-order valence-corrected chi connectivity index (χ4v) is 4.01. The number of anilines is 1. The lowest BCUT2D eigenvalue weighted by Gasteiger charge is -2.37. The monoisotopic (exact) mass is 409 g/mol. The van der Waals surface area contributed by atoms with Gasteiger partial charge in [0.05, 0.1) is 37.2 Å². The second-order valence-electron chi connectivity index (χ2n) is 7.92. The number of aliphatic hydroxyl groups is 1. The molecule has 0 aromatic heterocycles. The van der Waals surface area contributed by atoms with Crippen molar-refractivity contribution >= 4 is 11.4 Å². The van der Waals surface area contributed by atoms with Gasteiger partial charge in [-0.25, -0.2) is 0 Å². The van der Waals surface area contributed by atoms with E-state index in [4.69, 9.17) is 4.74 Å². The third-order valence-electron chi connectivity index (χ3n) is 5.55. The van der Waals surface area contributed by atoms with E-state index in [1.165, 1.54) is 5.69 Å². The number of hydrogen-bond donors (Lipinski definition) is 1. The highest BCUT2D eigenvalue weighted by Crippen LogP contribution is 2.29. The molecular weight excluding hydrogens is 378 g/mol. The van der Waals surface area contributed by atoms with Gasteiger partial charge in [-0.1, -0.05) is 42.5 Å². The summed E-state index contributed by atoms with van der Waals surface area (Å²) in [6, 6.07) is 16.3. The standard InChI is InChI=1S/C23H31N5O2/c1-2-15-30-23-10-6-5-9-22(23)27-13-11-26(12-14-27)17-20(29)18-28-16-19-7-3-4-8-21(19)24-25-28/h3-10,20,29H,2,11-18H2,1H3. The van der Waals surface area contributed by atoms with Crippen LogP contribution in [0.2, 0.25) is 0 Å². The van der Waals surface area contributed by atoms with Crippen LogP contribution < -0.4 is 9.64 Å². The Balaban J connectivity index is 1.25. The van der Waals surface area contributed by atoms with Gasteiger partial charge in [0.25, 0.3) is 0 Å². The Morgan fingerprint density at radius 1 is 1.00 bits per heavy atom. The maximum absolute atomic E-state index is 10.6. The molecule has 2 aliphatic rings. The molecule has 4 rings (SSSR count). The van der Waals surface area contributed by atoms with Crippen molar-refractivity contribution in [2.75, 3.05) is 50.8 Å². The van der Waals surface area contributed by atoms with Gasteiger partial charge in [-0.2, -0.15) is 0 Å². The van der Waals surface area contributed by atoms with E-state index in [1.807, 2.05) is 35.3 Å². The summed E-state index contributed by atoms with van der Waals surface area (Å²) >= 11 is 0. The Bertz CT molecular complexity index is 851. The molecule has 0 saturated carbocycles. The third-order valence-corrected chi connectivity index (χ3v) is 5.55. The lowest BCUT2D eigenvalue weighted by Crippen LogP contribution is -2.49. The van der Waals surface area contributed by atoms with E-state index in [0.29, 0.717) is 19.6 Å². The number of para-hydroxylation sites is 2. The van der Waals surface area contributed by atoms with Crippen LogP contribution in [0.3, 0.4) is 0 Å². The summed E-state index contributed by atoms with van der Waals surface area (Å²) in [6.07, 6.45) is 0.545. The predicted molar refractivity (Wildman–Crippen MR) is 118 cm³/mol. The van der Waals surface area contributed by atoms with Crippen molar-refractivity contribution in [2.45, 2.75) is 26.0 Å². The molecular formula is C23H31N5O2. The van der Waals surface area contributed by atoms with Crippen LogP contribution in [0.4, 0.5) is 11.4 Å². The maximum atomic E-state index is 10.6. The quantitative estimate of drug-likeness (QED) is 0.723. The molecule has 160 valence electrons. The summed E-state index contributed by atoms with van der Waals surface area (Å²) < 4.78 is 5.92. The normalized spacial score (nSPS) is 17.7. The van der Waals surface area contributed by atoms with Crippen molar-refractivity contribution in [3.63, 3.8) is 0 Å². The summed E-state index contributed by atoms with van der Waals surface area (Å²) in [5.41, 5.74) is 3.23. The van der Waals surface area contributed by atoms with Crippen molar-refractivity contribution in [3.05, 3.63) is 54.1 Å². The molecule has 2 aromatic rings. The Morgan fingerprint density at radius 3 is 2.60 bits per heavy atom. The number of nitrogens with zero attached hydrogens (tertiary/aromatic N) is 5. The first-order chi connectivity index (χ1) is 14.7. The Kier molecular flexibility index (Phi) is 6.81. The second-order valence-corrected chi connectivity index (χ2v) is 7.92. The molecule has 0 amide bonds. The van der Waals surface area contributed by atoms with E-state index in [2.05, 4.69) is 45.3 Å². The zero-order valence-corrected chi connectivity index (χ0v) is 17.7. The highest BCUT2D eigenvalue weighted by atomic mass is 16.5. The number of β-amino-alcohol motifs (C(OH)–C–C–N with tert-alkyl or cyclic N) is 1. The van der Waals surface area contributed by atoms with Gasteiger partial charge < -0.3 is 14.7 Å². The van der Waals surface area contributed by atoms with Crippen molar-refractivity contribution in [2.24, 2.45) is 10.3 Å². The zero-order chi connectivity index (χ0) is 20.8. The van der Waals surface area contributed by atoms with Crippen LogP contribution in [-0.4, -0.2) is 67.0 Å². The molecule has 1 atom stereocenters. The van der Waals surface area contributed by atoms with Gasteiger partial charge in [-0.05, 0) is 24.6 Å². The van der Waals surface area contributed by atoms with Crippen LogP contribution in [0, 0.1) is 0 Å². The van der Waals surface area contributed by atoms with Crippen molar-refractivity contribution in [1.29, 1.82) is 0 Å². The number of hydrogen-bond acceptors (Lipinski definition) is 7. The summed E-state index contributed by atoms with van der Waals surface area (Å²) in [7, 11) is 0. The van der Waals surface area contributed by atoms with E-state index < -0.39 is 6.10 Å². The van der Waals surface area contributed by atoms with Gasteiger partial charge in [-0.15, -0.1) is 5.11 Å². The topological polar surface area (TPSA) is 63.9 Å². The van der Waals surface area contributed by atoms with E-state index in [0.717, 1.165) is 56.2 Å². The number of benzene rings is 2. The Morgan fingerprint density at radius 2 is 1.77 bits per heavy atom. The summed E-state index contributed by atoms with van der Waals surface area (Å²) in [6.45, 7) is 8.39. The maximum Gasteiger partial charge on any atom is 0.142 e. The highest BCUT2D eigenvalue weighted by Gasteiger charge is 2.23. The molecule has 7 nitrogen and oxygen atoms in total. The first kappa shape index (κ1) is 20.6. The van der Waals surface area contributed by atoms with E-state index in [1.54, 1.807) is 0 Å². The summed E-state index contributed by atoms with van der Waals surface area (Å²) in [5.74, 6) is 0.962. The SMILES string of the molecule is CCCOc1ccccc1N1CCN(CC(O)CN2Cc3ccccc3N=N2)CC1. The smallest absolute Gasteiger partial charge is 0.142 e. The largest absolute Gasteiger partial charge is 0.491 e. The van der Waals surface area contributed by atoms with Crippen LogP contribution in [0.1, 0.15) is 18.9 Å². The minimum Gasteiger partial charge on any atom is -0.491 e. The number of ether oxygens (including phenoxy) is 1. The predicted octanol–water partition coefficient (Wildman–Crippen LogP) is 3.47. The van der Waals surface area contributed by atoms with Gasteiger partial charge in [0.15, 0.2) is 0 Å². The summed E-state index contributed by atoms with van der Waals surface area (Å²) in [4.78, 5) is 4.70. The molecule has 2 aliphatic heterocycles. The fourth-order valence-electron chi connectivity index (χ4n) is 4.01. The second kappa shape index (κ2) is 9.91. The first-order valence-electron chi connectivity index (χ1n) is 10.8. The van der Waals surface area contributed by atoms with Crippen molar-refractivity contribution in [1.82, 2.24) is 9.91 Å². The molecule has 1 saturated heterocycles. The van der Waals surface area contributed by atoms with E-state index in [-0.39, 0.29) is 0 Å². The molecule has 1 N–H and O–H groups in total. The number of fused-ring (bicyclic) bond motifs is 1. The van der Waals surface area contributed by atoms with Gasteiger partial charge in [-0.3, -0.25) is 9.91 Å². The fraction of sp³-hybridized carbons (Fsp3) is 0.478. The number of aliphatic hydroxyl groups excluding tert-OH is 1. The number of rotatable bonds is 8. The summed E-state index contributed by atoms with van der Waals surface area (Å²) in [5, 5.41) is 21.0. The molecule has 0 spiro atoms. The lowest BCUT2D eigenvalue weighted by molar-refractivity contribution is 0.0659. The van der Waals surface area contributed by atoms with E-state index in [9.17, 15) is 5.11 Å². The molecule has 7 heteroatoms.